The number of imidazole rings is 1. The zero-order chi connectivity index (χ0) is 21.4. The second-order valence-electron chi connectivity index (χ2n) is 9.65. The summed E-state index contributed by atoms with van der Waals surface area (Å²) < 4.78 is 4.47. The molecule has 3 fully saturated rings. The summed E-state index contributed by atoms with van der Waals surface area (Å²) in [6, 6.07) is 13.0. The number of fused-ring (bicyclic) bond motifs is 4. The molecule has 2 aliphatic heterocycles. The summed E-state index contributed by atoms with van der Waals surface area (Å²) in [7, 11) is 2.06. The highest BCUT2D eigenvalue weighted by atomic mass is 16.2. The third-order valence-corrected chi connectivity index (χ3v) is 7.47. The maximum absolute atomic E-state index is 13.2. The Labute approximate surface area is 186 Å². The van der Waals surface area contributed by atoms with Gasteiger partial charge in [0.05, 0.1) is 16.7 Å². The highest BCUT2D eigenvalue weighted by Gasteiger charge is 2.40. The van der Waals surface area contributed by atoms with Gasteiger partial charge in [0, 0.05) is 55.9 Å². The number of benzene rings is 1. The van der Waals surface area contributed by atoms with Crippen molar-refractivity contribution in [3.8, 4) is 11.5 Å². The first kappa shape index (κ1) is 18.4. The Morgan fingerprint density at radius 3 is 2.91 bits per heavy atom. The van der Waals surface area contributed by atoms with Crippen LogP contribution in [0.2, 0.25) is 0 Å². The molecule has 7 nitrogen and oxygen atoms in total. The van der Waals surface area contributed by atoms with Gasteiger partial charge in [0.25, 0.3) is 5.91 Å². The number of rotatable bonds is 4. The van der Waals surface area contributed by atoms with Gasteiger partial charge in [0.1, 0.15) is 5.65 Å². The number of aromatic nitrogens is 4. The Hall–Kier alpha value is -3.19. The van der Waals surface area contributed by atoms with Gasteiger partial charge in [-0.2, -0.15) is 0 Å². The van der Waals surface area contributed by atoms with Crippen LogP contribution >= 0.6 is 0 Å². The Bertz CT molecular complexity index is 1380. The highest BCUT2D eigenvalue weighted by Crippen LogP contribution is 2.36. The van der Waals surface area contributed by atoms with Gasteiger partial charge in [0.2, 0.25) is 0 Å². The number of carbonyl (C=O) groups excluding carboxylic acids is 1. The van der Waals surface area contributed by atoms with Crippen molar-refractivity contribution < 1.29 is 4.79 Å². The molecule has 7 heteroatoms. The number of carbonyl (C=O) groups is 1. The lowest BCUT2D eigenvalue weighted by atomic mass is 10.1. The van der Waals surface area contributed by atoms with E-state index in [1.807, 2.05) is 35.4 Å². The van der Waals surface area contributed by atoms with E-state index in [0.29, 0.717) is 12.1 Å². The fraction of sp³-hybridized carbons (Fsp3) is 0.400. The van der Waals surface area contributed by atoms with Crippen LogP contribution in [-0.4, -0.2) is 55.1 Å². The molecule has 1 aliphatic carbocycles. The van der Waals surface area contributed by atoms with E-state index >= 15 is 0 Å². The van der Waals surface area contributed by atoms with E-state index in [1.165, 1.54) is 12.8 Å². The van der Waals surface area contributed by atoms with Gasteiger partial charge in [-0.3, -0.25) is 4.79 Å². The van der Waals surface area contributed by atoms with E-state index in [1.54, 1.807) is 0 Å². The number of piperazine rings is 1. The molecule has 162 valence electrons. The van der Waals surface area contributed by atoms with Gasteiger partial charge in [-0.25, -0.2) is 9.97 Å². The van der Waals surface area contributed by atoms with Crippen molar-refractivity contribution in [2.45, 2.75) is 37.9 Å². The molecule has 2 bridgehead atoms. The van der Waals surface area contributed by atoms with Crippen LogP contribution < -0.4 is 5.32 Å². The van der Waals surface area contributed by atoms with Gasteiger partial charge in [-0.05, 0) is 61.6 Å². The van der Waals surface area contributed by atoms with Crippen LogP contribution in [0.15, 0.2) is 42.6 Å². The largest absolute Gasteiger partial charge is 0.333 e. The Morgan fingerprint density at radius 1 is 1.22 bits per heavy atom. The van der Waals surface area contributed by atoms with Crippen molar-refractivity contribution in [2.24, 2.45) is 13.0 Å². The lowest BCUT2D eigenvalue weighted by Crippen LogP contribution is -2.46. The molecule has 3 aliphatic rings. The van der Waals surface area contributed by atoms with Gasteiger partial charge < -0.3 is 19.4 Å². The predicted molar refractivity (Wildman–Crippen MR) is 123 cm³/mol. The van der Waals surface area contributed by atoms with Crippen molar-refractivity contribution >= 4 is 28.0 Å². The molecule has 5 heterocycles. The number of nitrogens with zero attached hydrogens (tertiary/aromatic N) is 5. The third kappa shape index (κ3) is 2.73. The fourth-order valence-electron chi connectivity index (χ4n) is 5.55. The van der Waals surface area contributed by atoms with Gasteiger partial charge in [-0.15, -0.1) is 0 Å². The highest BCUT2D eigenvalue weighted by molar-refractivity contribution is 5.98. The van der Waals surface area contributed by atoms with E-state index in [4.69, 9.17) is 4.98 Å². The second kappa shape index (κ2) is 6.65. The molecular weight excluding hydrogens is 400 g/mol. The lowest BCUT2D eigenvalue weighted by Gasteiger charge is -2.27. The number of hydrogen-bond donors (Lipinski definition) is 1. The first-order valence-electron chi connectivity index (χ1n) is 11.6. The first-order chi connectivity index (χ1) is 15.7. The van der Waals surface area contributed by atoms with E-state index in [2.05, 4.69) is 38.6 Å². The summed E-state index contributed by atoms with van der Waals surface area (Å²) in [5.74, 6) is 1.78. The van der Waals surface area contributed by atoms with Crippen LogP contribution in [0.3, 0.4) is 0 Å². The summed E-state index contributed by atoms with van der Waals surface area (Å²) in [6.07, 6.45) is 5.51. The number of amides is 1. The molecule has 1 amide bonds. The van der Waals surface area contributed by atoms with E-state index in [9.17, 15) is 4.79 Å². The minimum absolute atomic E-state index is 0.125. The monoisotopic (exact) mass is 426 g/mol. The molecule has 1 N–H and O–H groups in total. The quantitative estimate of drug-likeness (QED) is 0.544. The molecule has 1 saturated carbocycles. The number of nitrogens with one attached hydrogen (secondary N) is 1. The van der Waals surface area contributed by atoms with Crippen molar-refractivity contribution in [3.05, 3.63) is 48.2 Å². The topological polar surface area (TPSA) is 68.0 Å². The van der Waals surface area contributed by atoms with Crippen LogP contribution in [-0.2, 0) is 13.6 Å². The standard InChI is InChI=1S/C25H26N6O/c1-29-21-7-6-17(25(32)30-14-18-11-19(30)12-27-18)9-20(21)28-24(29)22-10-16-3-2-8-26-23(16)31(22)13-15-4-5-15/h2-3,6-10,15,18-19,27H,4-5,11-14H2,1H3. The van der Waals surface area contributed by atoms with Crippen molar-refractivity contribution in [1.82, 2.24) is 29.3 Å². The molecule has 0 spiro atoms. The normalized spacial score (nSPS) is 22.5. The van der Waals surface area contributed by atoms with E-state index in [-0.39, 0.29) is 5.91 Å². The van der Waals surface area contributed by atoms with Crippen LogP contribution in [0.25, 0.3) is 33.6 Å². The molecule has 2 saturated heterocycles. The Morgan fingerprint density at radius 2 is 2.12 bits per heavy atom. The van der Waals surface area contributed by atoms with E-state index < -0.39 is 0 Å². The molecule has 1 aromatic carbocycles. The first-order valence-corrected chi connectivity index (χ1v) is 11.6. The minimum Gasteiger partial charge on any atom is -0.333 e. The maximum Gasteiger partial charge on any atom is 0.254 e. The zero-order valence-electron chi connectivity index (χ0n) is 18.2. The molecule has 3 aromatic heterocycles. The maximum atomic E-state index is 13.2. The molecule has 7 rings (SSSR count). The van der Waals surface area contributed by atoms with E-state index in [0.717, 1.165) is 71.1 Å². The van der Waals surface area contributed by atoms with Gasteiger partial charge >= 0.3 is 0 Å². The second-order valence-corrected chi connectivity index (χ2v) is 9.65. The SMILES string of the molecule is Cn1c(-c2cc3cccnc3n2CC2CC2)nc2cc(C(=O)N3CC4CC3CN4)ccc21. The average molecular weight is 427 g/mol. The lowest BCUT2D eigenvalue weighted by molar-refractivity contribution is 0.0716. The summed E-state index contributed by atoms with van der Waals surface area (Å²) >= 11 is 0. The van der Waals surface area contributed by atoms with Crippen LogP contribution in [0.1, 0.15) is 29.6 Å². The van der Waals surface area contributed by atoms with Crippen LogP contribution in [0.5, 0.6) is 0 Å². The molecule has 2 atom stereocenters. The minimum atomic E-state index is 0.125. The Kier molecular flexibility index (Phi) is 3.82. The summed E-state index contributed by atoms with van der Waals surface area (Å²) in [4.78, 5) is 24.9. The molecule has 2 unspecified atom stereocenters. The Balaban J connectivity index is 1.31. The third-order valence-electron chi connectivity index (χ3n) is 7.47. The molecular formula is C25H26N6O. The van der Waals surface area contributed by atoms with Crippen molar-refractivity contribution in [1.29, 1.82) is 0 Å². The molecule has 32 heavy (non-hydrogen) atoms. The average Bonchev–Trinajstić information content (AvgIpc) is 3.14. The van der Waals surface area contributed by atoms with Gasteiger partial charge in [0.15, 0.2) is 5.82 Å². The number of pyridine rings is 1. The fourth-order valence-corrected chi connectivity index (χ4v) is 5.55. The smallest absolute Gasteiger partial charge is 0.254 e. The van der Waals surface area contributed by atoms with Crippen LogP contribution in [0.4, 0.5) is 0 Å². The van der Waals surface area contributed by atoms with Crippen molar-refractivity contribution in [2.75, 3.05) is 13.1 Å². The number of aryl methyl sites for hydroxylation is 1. The summed E-state index contributed by atoms with van der Waals surface area (Å²) in [5, 5.41) is 4.61. The predicted octanol–water partition coefficient (Wildman–Crippen LogP) is 3.19. The van der Waals surface area contributed by atoms with Crippen LogP contribution in [0, 0.1) is 5.92 Å². The number of hydrogen-bond acceptors (Lipinski definition) is 4. The zero-order valence-corrected chi connectivity index (χ0v) is 18.2. The number of likely N-dealkylation sites (tertiary alicyclic amines) is 1. The summed E-state index contributed by atoms with van der Waals surface area (Å²) in [6.45, 7) is 2.70. The molecule has 0 radical (unpaired) electrons. The van der Waals surface area contributed by atoms with Gasteiger partial charge in [-0.1, -0.05) is 0 Å². The molecule has 4 aromatic rings. The van der Waals surface area contributed by atoms with Crippen molar-refractivity contribution in [3.63, 3.8) is 0 Å². The summed E-state index contributed by atoms with van der Waals surface area (Å²) in [5.41, 5.74) is 4.76.